The molecule has 20 heavy (non-hydrogen) atoms. The molecule has 112 valence electrons. The number of nitrogens with one attached hydrogen (secondary N) is 1. The summed E-state index contributed by atoms with van der Waals surface area (Å²) < 4.78 is 27.5. The first kappa shape index (κ1) is 15.5. The Bertz CT molecular complexity index is 539. The van der Waals surface area contributed by atoms with Crippen LogP contribution in [0.3, 0.4) is 0 Å². The Hall–Kier alpha value is -0.910. The molecule has 2 N–H and O–H groups in total. The Morgan fingerprint density at radius 1 is 1.20 bits per heavy atom. The maximum absolute atomic E-state index is 12.4. The molecule has 4 nitrogen and oxygen atoms in total. The molecule has 0 radical (unpaired) electrons. The van der Waals surface area contributed by atoms with Gasteiger partial charge in [0.2, 0.25) is 10.0 Å². The summed E-state index contributed by atoms with van der Waals surface area (Å²) in [6, 6.07) is 6.39. The largest absolute Gasteiger partial charge is 0.392 e. The van der Waals surface area contributed by atoms with Gasteiger partial charge in [-0.05, 0) is 48.8 Å². The Balaban J connectivity index is 2.10. The van der Waals surface area contributed by atoms with Gasteiger partial charge in [-0.3, -0.25) is 0 Å². The van der Waals surface area contributed by atoms with E-state index < -0.39 is 10.0 Å². The Morgan fingerprint density at radius 3 is 2.40 bits per heavy atom. The van der Waals surface area contributed by atoms with Crippen LogP contribution < -0.4 is 4.72 Å². The Morgan fingerprint density at radius 2 is 1.85 bits per heavy atom. The number of hydrogen-bond donors (Lipinski definition) is 2. The van der Waals surface area contributed by atoms with Crippen LogP contribution in [0.25, 0.3) is 0 Å². The third-order valence-corrected chi connectivity index (χ3v) is 5.66. The van der Waals surface area contributed by atoms with Gasteiger partial charge in [0.05, 0.1) is 11.5 Å². The molecule has 0 spiro atoms. The average molecular weight is 297 g/mol. The van der Waals surface area contributed by atoms with Gasteiger partial charge in [0, 0.05) is 6.04 Å². The van der Waals surface area contributed by atoms with Crippen molar-refractivity contribution < 1.29 is 13.5 Å². The second-order valence-corrected chi connectivity index (χ2v) is 7.64. The number of hydrogen-bond acceptors (Lipinski definition) is 3. The summed E-state index contributed by atoms with van der Waals surface area (Å²) in [7, 11) is -3.47. The second kappa shape index (κ2) is 6.24. The van der Waals surface area contributed by atoms with E-state index in [0.29, 0.717) is 17.4 Å². The van der Waals surface area contributed by atoms with Crippen molar-refractivity contribution in [1.29, 1.82) is 0 Å². The van der Waals surface area contributed by atoms with E-state index in [0.717, 1.165) is 19.3 Å². The van der Waals surface area contributed by atoms with Crippen molar-refractivity contribution >= 4 is 10.0 Å². The molecule has 0 bridgehead atoms. The monoisotopic (exact) mass is 297 g/mol. The predicted octanol–water partition coefficient (Wildman–Crippen LogP) is 2.28. The zero-order chi connectivity index (χ0) is 14.8. The molecule has 1 fully saturated rings. The summed E-state index contributed by atoms with van der Waals surface area (Å²) in [5, 5.41) is 8.99. The highest BCUT2D eigenvalue weighted by Crippen LogP contribution is 2.29. The normalized spacial score (nSPS) is 27.4. The minimum atomic E-state index is -3.47. The third kappa shape index (κ3) is 3.59. The molecule has 1 aromatic rings. The fourth-order valence-electron chi connectivity index (χ4n) is 2.88. The van der Waals surface area contributed by atoms with Crippen LogP contribution in [0.5, 0.6) is 0 Å². The highest BCUT2D eigenvalue weighted by atomic mass is 32.2. The van der Waals surface area contributed by atoms with Crippen molar-refractivity contribution in [1.82, 2.24) is 4.72 Å². The number of benzene rings is 1. The first-order valence-corrected chi connectivity index (χ1v) is 8.63. The summed E-state index contributed by atoms with van der Waals surface area (Å²) in [6.07, 6.45) is 3.04. The summed E-state index contributed by atoms with van der Waals surface area (Å²) in [4.78, 5) is 0.264. The van der Waals surface area contributed by atoms with Gasteiger partial charge in [-0.1, -0.05) is 26.0 Å². The van der Waals surface area contributed by atoms with Crippen LogP contribution in [0.2, 0.25) is 0 Å². The van der Waals surface area contributed by atoms with Crippen LogP contribution in [-0.4, -0.2) is 19.6 Å². The lowest BCUT2D eigenvalue weighted by molar-refractivity contribution is 0.249. The Kier molecular flexibility index (Phi) is 4.83. The van der Waals surface area contributed by atoms with E-state index in [9.17, 15) is 8.42 Å². The van der Waals surface area contributed by atoms with E-state index in [1.165, 1.54) is 0 Å². The van der Waals surface area contributed by atoms with Crippen molar-refractivity contribution in [3.63, 3.8) is 0 Å². The molecular formula is C15H23NO3S. The van der Waals surface area contributed by atoms with Gasteiger partial charge < -0.3 is 5.11 Å². The van der Waals surface area contributed by atoms with Gasteiger partial charge in [0.1, 0.15) is 0 Å². The van der Waals surface area contributed by atoms with Crippen molar-refractivity contribution in [2.24, 2.45) is 11.8 Å². The minimum absolute atomic E-state index is 0.0220. The van der Waals surface area contributed by atoms with E-state index in [1.54, 1.807) is 24.3 Å². The van der Waals surface area contributed by atoms with Crippen molar-refractivity contribution in [2.75, 3.05) is 0 Å². The topological polar surface area (TPSA) is 66.4 Å². The molecule has 1 saturated carbocycles. The van der Waals surface area contributed by atoms with Crippen LogP contribution >= 0.6 is 0 Å². The molecule has 3 unspecified atom stereocenters. The van der Waals surface area contributed by atoms with Crippen LogP contribution in [-0.2, 0) is 16.6 Å². The van der Waals surface area contributed by atoms with Crippen LogP contribution in [0.4, 0.5) is 0 Å². The Labute approximate surface area is 121 Å². The lowest BCUT2D eigenvalue weighted by Gasteiger charge is -2.32. The molecule has 1 aliphatic rings. The van der Waals surface area contributed by atoms with Crippen molar-refractivity contribution in [3.05, 3.63) is 29.8 Å². The van der Waals surface area contributed by atoms with Gasteiger partial charge in [-0.2, -0.15) is 0 Å². The van der Waals surface area contributed by atoms with E-state index in [1.807, 2.05) is 0 Å². The number of aliphatic hydroxyl groups is 1. The number of sulfonamides is 1. The van der Waals surface area contributed by atoms with Gasteiger partial charge >= 0.3 is 0 Å². The van der Waals surface area contributed by atoms with Gasteiger partial charge in [0.15, 0.2) is 0 Å². The highest BCUT2D eigenvalue weighted by Gasteiger charge is 2.29. The van der Waals surface area contributed by atoms with Gasteiger partial charge in [0.25, 0.3) is 0 Å². The molecule has 0 amide bonds. The second-order valence-electron chi connectivity index (χ2n) is 5.93. The van der Waals surface area contributed by atoms with E-state index >= 15 is 0 Å². The standard InChI is InChI=1S/C15H23NO3S/c1-11-3-8-15(12(2)9-11)16-20(18,19)14-6-4-13(10-17)5-7-14/h4-7,11-12,15-17H,3,8-10H2,1-2H3. The van der Waals surface area contributed by atoms with E-state index in [2.05, 4.69) is 18.6 Å². The van der Waals surface area contributed by atoms with Crippen molar-refractivity contribution in [3.8, 4) is 0 Å². The molecule has 3 atom stereocenters. The summed E-state index contributed by atoms with van der Waals surface area (Å²) in [5.41, 5.74) is 0.712. The maximum Gasteiger partial charge on any atom is 0.240 e. The minimum Gasteiger partial charge on any atom is -0.392 e. The number of aliphatic hydroxyl groups excluding tert-OH is 1. The predicted molar refractivity (Wildman–Crippen MR) is 78.7 cm³/mol. The SMILES string of the molecule is CC1CCC(NS(=O)(=O)c2ccc(CO)cc2)C(C)C1. The average Bonchev–Trinajstić information content (AvgIpc) is 2.42. The first-order chi connectivity index (χ1) is 9.42. The van der Waals surface area contributed by atoms with E-state index in [-0.39, 0.29) is 17.5 Å². The van der Waals surface area contributed by atoms with E-state index in [4.69, 9.17) is 5.11 Å². The number of rotatable bonds is 4. The highest BCUT2D eigenvalue weighted by molar-refractivity contribution is 7.89. The third-order valence-electron chi connectivity index (χ3n) is 4.15. The maximum atomic E-state index is 12.4. The molecule has 1 aliphatic carbocycles. The fourth-order valence-corrected chi connectivity index (χ4v) is 4.26. The fraction of sp³-hybridized carbons (Fsp3) is 0.600. The molecule has 0 heterocycles. The molecule has 2 rings (SSSR count). The molecule has 0 aliphatic heterocycles. The lowest BCUT2D eigenvalue weighted by Crippen LogP contribution is -2.42. The van der Waals surface area contributed by atoms with Crippen LogP contribution in [0.1, 0.15) is 38.7 Å². The summed E-state index contributed by atoms with van der Waals surface area (Å²) in [5.74, 6) is 1.04. The molecule has 0 saturated heterocycles. The van der Waals surface area contributed by atoms with Crippen LogP contribution in [0, 0.1) is 11.8 Å². The zero-order valence-corrected chi connectivity index (χ0v) is 12.9. The molecule has 5 heteroatoms. The molecule has 1 aromatic carbocycles. The lowest BCUT2D eigenvalue weighted by atomic mass is 9.80. The summed E-state index contributed by atoms with van der Waals surface area (Å²) >= 11 is 0. The quantitative estimate of drug-likeness (QED) is 0.896. The smallest absolute Gasteiger partial charge is 0.240 e. The first-order valence-electron chi connectivity index (χ1n) is 7.14. The zero-order valence-electron chi connectivity index (χ0n) is 12.0. The van der Waals surface area contributed by atoms with Gasteiger partial charge in [-0.15, -0.1) is 0 Å². The van der Waals surface area contributed by atoms with Crippen molar-refractivity contribution in [2.45, 2.75) is 50.7 Å². The van der Waals surface area contributed by atoms with Gasteiger partial charge in [-0.25, -0.2) is 13.1 Å². The molecule has 0 aromatic heterocycles. The van der Waals surface area contributed by atoms with Crippen LogP contribution in [0.15, 0.2) is 29.2 Å². The molecular weight excluding hydrogens is 274 g/mol. The summed E-state index contributed by atoms with van der Waals surface area (Å²) in [6.45, 7) is 4.25.